The molecule has 3 rings (SSSR count). The highest BCUT2D eigenvalue weighted by molar-refractivity contribution is 5.49. The molecule has 1 aliphatic carbocycles. The fourth-order valence-corrected chi connectivity index (χ4v) is 4.95. The Morgan fingerprint density at radius 3 is 2.40 bits per heavy atom. The normalized spacial score (nSPS) is 23.8. The molecule has 2 heteroatoms. The number of nitrogen functional groups attached to an aromatic ring is 1. The molecule has 1 aliphatic rings. The molecule has 0 aliphatic heterocycles. The highest BCUT2D eigenvalue weighted by atomic mass is 19.1. The van der Waals surface area contributed by atoms with Gasteiger partial charge in [0.25, 0.3) is 0 Å². The Balaban J connectivity index is 1.88. The van der Waals surface area contributed by atoms with E-state index >= 15 is 0 Å². The SMILES string of the molecule is Cc1cc(F)ccc1C1(CC(C)C)CCC(c2ccccc2N)CC1. The molecular formula is C23H30FN. The molecule has 0 heterocycles. The summed E-state index contributed by atoms with van der Waals surface area (Å²) in [5.74, 6) is 1.04. The van der Waals surface area contributed by atoms with Crippen LogP contribution in [0.1, 0.15) is 68.6 Å². The van der Waals surface area contributed by atoms with E-state index in [0.717, 1.165) is 43.4 Å². The molecule has 2 N–H and O–H groups in total. The minimum atomic E-state index is -0.133. The Morgan fingerprint density at radius 2 is 1.80 bits per heavy atom. The summed E-state index contributed by atoms with van der Waals surface area (Å²) in [6.07, 6.45) is 5.76. The molecule has 0 amide bonds. The van der Waals surface area contributed by atoms with Gasteiger partial charge >= 0.3 is 0 Å². The first-order valence-electron chi connectivity index (χ1n) is 9.52. The van der Waals surface area contributed by atoms with Gasteiger partial charge in [0.1, 0.15) is 5.82 Å². The van der Waals surface area contributed by atoms with Crippen LogP contribution in [0.2, 0.25) is 0 Å². The Morgan fingerprint density at radius 1 is 1.12 bits per heavy atom. The molecular weight excluding hydrogens is 309 g/mol. The van der Waals surface area contributed by atoms with Crippen LogP contribution < -0.4 is 5.73 Å². The number of rotatable bonds is 4. The first-order chi connectivity index (χ1) is 11.9. The summed E-state index contributed by atoms with van der Waals surface area (Å²) in [6.45, 7) is 6.64. The van der Waals surface area contributed by atoms with Crippen LogP contribution in [0.15, 0.2) is 42.5 Å². The highest BCUT2D eigenvalue weighted by Gasteiger charge is 2.38. The Kier molecular flexibility index (Phi) is 5.17. The molecule has 2 aromatic rings. The molecule has 1 saturated carbocycles. The Bertz CT molecular complexity index is 727. The number of hydrogen-bond donors (Lipinski definition) is 1. The first kappa shape index (κ1) is 18.0. The smallest absolute Gasteiger partial charge is 0.123 e. The number of aryl methyl sites for hydroxylation is 1. The molecule has 0 atom stereocenters. The summed E-state index contributed by atoms with van der Waals surface area (Å²) >= 11 is 0. The predicted octanol–water partition coefficient (Wildman–Crippen LogP) is 6.36. The minimum absolute atomic E-state index is 0.133. The summed E-state index contributed by atoms with van der Waals surface area (Å²) in [7, 11) is 0. The van der Waals surface area contributed by atoms with Crippen LogP contribution >= 0.6 is 0 Å². The van der Waals surface area contributed by atoms with Crippen molar-refractivity contribution in [3.63, 3.8) is 0 Å². The molecule has 2 aromatic carbocycles. The molecule has 0 spiro atoms. The van der Waals surface area contributed by atoms with Gasteiger partial charge in [-0.25, -0.2) is 4.39 Å². The largest absolute Gasteiger partial charge is 0.398 e. The lowest BCUT2D eigenvalue weighted by Gasteiger charge is -2.43. The fourth-order valence-electron chi connectivity index (χ4n) is 4.95. The highest BCUT2D eigenvalue weighted by Crippen LogP contribution is 2.49. The lowest BCUT2D eigenvalue weighted by Crippen LogP contribution is -2.33. The molecule has 1 fully saturated rings. The van der Waals surface area contributed by atoms with Crippen molar-refractivity contribution in [3.05, 3.63) is 65.0 Å². The first-order valence-corrected chi connectivity index (χ1v) is 9.52. The third-order valence-electron chi connectivity index (χ3n) is 5.94. The lowest BCUT2D eigenvalue weighted by atomic mass is 9.61. The third-order valence-corrected chi connectivity index (χ3v) is 5.94. The summed E-state index contributed by atoms with van der Waals surface area (Å²) in [5.41, 5.74) is 11.0. The molecule has 0 bridgehead atoms. The molecule has 0 unspecified atom stereocenters. The zero-order valence-electron chi connectivity index (χ0n) is 15.7. The Hall–Kier alpha value is -1.83. The maximum atomic E-state index is 13.6. The van der Waals surface area contributed by atoms with E-state index in [0.29, 0.717) is 11.8 Å². The van der Waals surface area contributed by atoms with Crippen molar-refractivity contribution in [1.29, 1.82) is 0 Å². The molecule has 25 heavy (non-hydrogen) atoms. The second-order valence-electron chi connectivity index (χ2n) is 8.24. The fraction of sp³-hybridized carbons (Fsp3) is 0.478. The van der Waals surface area contributed by atoms with Crippen LogP contribution in [0.5, 0.6) is 0 Å². The minimum Gasteiger partial charge on any atom is -0.398 e. The Labute approximate surface area is 151 Å². The predicted molar refractivity (Wildman–Crippen MR) is 104 cm³/mol. The van der Waals surface area contributed by atoms with E-state index in [4.69, 9.17) is 5.73 Å². The topological polar surface area (TPSA) is 26.0 Å². The summed E-state index contributed by atoms with van der Waals surface area (Å²) < 4.78 is 13.6. The molecule has 134 valence electrons. The van der Waals surface area contributed by atoms with Crippen LogP contribution in [0.25, 0.3) is 0 Å². The molecule has 0 radical (unpaired) electrons. The average Bonchev–Trinajstić information content (AvgIpc) is 2.55. The number of halogens is 1. The summed E-state index contributed by atoms with van der Waals surface area (Å²) in [5, 5.41) is 0. The van der Waals surface area contributed by atoms with Crippen LogP contribution in [-0.4, -0.2) is 0 Å². The van der Waals surface area contributed by atoms with E-state index in [2.05, 4.69) is 32.9 Å². The van der Waals surface area contributed by atoms with Gasteiger partial charge in [-0.15, -0.1) is 0 Å². The number of hydrogen-bond acceptors (Lipinski definition) is 1. The number of nitrogens with two attached hydrogens (primary N) is 1. The van der Waals surface area contributed by atoms with Crippen LogP contribution in [-0.2, 0) is 5.41 Å². The van der Waals surface area contributed by atoms with Gasteiger partial charge in [0.15, 0.2) is 0 Å². The number of anilines is 1. The van der Waals surface area contributed by atoms with E-state index in [-0.39, 0.29) is 11.2 Å². The monoisotopic (exact) mass is 339 g/mol. The van der Waals surface area contributed by atoms with Gasteiger partial charge < -0.3 is 5.73 Å². The van der Waals surface area contributed by atoms with Crippen LogP contribution in [0.3, 0.4) is 0 Å². The van der Waals surface area contributed by atoms with Crippen molar-refractivity contribution >= 4 is 5.69 Å². The van der Waals surface area contributed by atoms with Crippen molar-refractivity contribution in [2.24, 2.45) is 5.92 Å². The second-order valence-corrected chi connectivity index (χ2v) is 8.24. The van der Waals surface area contributed by atoms with E-state index < -0.39 is 0 Å². The van der Waals surface area contributed by atoms with Crippen molar-refractivity contribution in [2.75, 3.05) is 5.73 Å². The van der Waals surface area contributed by atoms with Gasteiger partial charge in [0, 0.05) is 5.69 Å². The second kappa shape index (κ2) is 7.19. The third kappa shape index (κ3) is 3.73. The standard InChI is InChI=1S/C23H30FN/c1-16(2)15-23(21-9-8-19(24)14-17(21)3)12-10-18(11-13-23)20-6-4-5-7-22(20)25/h4-9,14,16,18H,10-13,15,25H2,1-3H3. The van der Waals surface area contributed by atoms with E-state index in [1.165, 1.54) is 11.1 Å². The van der Waals surface area contributed by atoms with E-state index in [1.807, 2.05) is 18.2 Å². The maximum absolute atomic E-state index is 13.6. The van der Waals surface area contributed by atoms with Gasteiger partial charge in [-0.3, -0.25) is 0 Å². The average molecular weight is 339 g/mol. The van der Waals surface area contributed by atoms with Crippen molar-refractivity contribution < 1.29 is 4.39 Å². The number of benzene rings is 2. The lowest BCUT2D eigenvalue weighted by molar-refractivity contribution is 0.227. The van der Waals surface area contributed by atoms with Crippen molar-refractivity contribution in [2.45, 2.75) is 64.2 Å². The van der Waals surface area contributed by atoms with Crippen LogP contribution in [0.4, 0.5) is 10.1 Å². The van der Waals surface area contributed by atoms with Crippen molar-refractivity contribution in [3.8, 4) is 0 Å². The zero-order valence-corrected chi connectivity index (χ0v) is 15.7. The van der Waals surface area contributed by atoms with Gasteiger partial charge in [0.05, 0.1) is 0 Å². The molecule has 0 saturated heterocycles. The van der Waals surface area contributed by atoms with E-state index in [9.17, 15) is 4.39 Å². The van der Waals surface area contributed by atoms with Gasteiger partial charge in [0.2, 0.25) is 0 Å². The van der Waals surface area contributed by atoms with Gasteiger partial charge in [-0.2, -0.15) is 0 Å². The summed E-state index contributed by atoms with van der Waals surface area (Å²) in [4.78, 5) is 0. The van der Waals surface area contributed by atoms with E-state index in [1.54, 1.807) is 12.1 Å². The quantitative estimate of drug-likeness (QED) is 0.645. The maximum Gasteiger partial charge on any atom is 0.123 e. The van der Waals surface area contributed by atoms with Gasteiger partial charge in [-0.1, -0.05) is 38.1 Å². The number of para-hydroxylation sites is 1. The van der Waals surface area contributed by atoms with Gasteiger partial charge in [-0.05, 0) is 91.2 Å². The summed E-state index contributed by atoms with van der Waals surface area (Å²) in [6, 6.07) is 13.6. The van der Waals surface area contributed by atoms with Crippen LogP contribution in [0, 0.1) is 18.7 Å². The van der Waals surface area contributed by atoms with Crippen molar-refractivity contribution in [1.82, 2.24) is 0 Å². The zero-order chi connectivity index (χ0) is 18.0. The molecule has 0 aromatic heterocycles. The molecule has 1 nitrogen and oxygen atoms in total.